The first-order valence-electron chi connectivity index (χ1n) is 3.78. The number of hydrogen-bond donors (Lipinski definition) is 0. The zero-order chi connectivity index (χ0) is 8.39. The fourth-order valence-corrected chi connectivity index (χ4v) is 1.15. The predicted molar refractivity (Wildman–Crippen MR) is 46.1 cm³/mol. The van der Waals surface area contributed by atoms with Gasteiger partial charge in [0.25, 0.3) is 0 Å². The Morgan fingerprint density at radius 2 is 2.08 bits per heavy atom. The molecule has 1 heterocycles. The monoisotopic (exact) mass is 159 g/mol. The normalized spacial score (nSPS) is 10.1. The Morgan fingerprint density at radius 3 is 2.75 bits per heavy atom. The van der Waals surface area contributed by atoms with Gasteiger partial charge in [-0.15, -0.1) is 0 Å². The standard InChI is InChI=1S/C9H9N3/c1-8-4-2-3-5-9(8)12-7-10-6-11-12/h2-7H,1H3. The van der Waals surface area contributed by atoms with E-state index >= 15 is 0 Å². The summed E-state index contributed by atoms with van der Waals surface area (Å²) in [7, 11) is 0. The maximum atomic E-state index is 4.05. The highest BCUT2D eigenvalue weighted by Crippen LogP contribution is 2.10. The molecule has 0 aliphatic rings. The zero-order valence-electron chi connectivity index (χ0n) is 6.81. The lowest BCUT2D eigenvalue weighted by Crippen LogP contribution is -1.96. The van der Waals surface area contributed by atoms with Crippen LogP contribution in [0.5, 0.6) is 0 Å². The average molecular weight is 159 g/mol. The molecule has 0 N–H and O–H groups in total. The van der Waals surface area contributed by atoms with Crippen molar-refractivity contribution in [1.29, 1.82) is 0 Å². The van der Waals surface area contributed by atoms with Gasteiger partial charge < -0.3 is 0 Å². The lowest BCUT2D eigenvalue weighted by atomic mass is 10.2. The van der Waals surface area contributed by atoms with Crippen LogP contribution in [0, 0.1) is 6.92 Å². The Labute approximate surface area is 70.7 Å². The van der Waals surface area contributed by atoms with Crippen LogP contribution in [0.2, 0.25) is 0 Å². The molecule has 0 saturated carbocycles. The second-order valence-electron chi connectivity index (χ2n) is 2.63. The molecule has 0 unspecified atom stereocenters. The maximum absolute atomic E-state index is 4.05. The van der Waals surface area contributed by atoms with Crippen LogP contribution >= 0.6 is 0 Å². The van der Waals surface area contributed by atoms with Crippen molar-refractivity contribution in [2.24, 2.45) is 0 Å². The van der Waals surface area contributed by atoms with Crippen molar-refractivity contribution in [3.8, 4) is 5.69 Å². The first kappa shape index (κ1) is 7.03. The molecule has 60 valence electrons. The lowest BCUT2D eigenvalue weighted by Gasteiger charge is -2.02. The lowest BCUT2D eigenvalue weighted by molar-refractivity contribution is 0.871. The first-order valence-corrected chi connectivity index (χ1v) is 3.78. The summed E-state index contributed by atoms with van der Waals surface area (Å²) in [5.41, 5.74) is 2.28. The third-order valence-corrected chi connectivity index (χ3v) is 1.78. The highest BCUT2D eigenvalue weighted by atomic mass is 15.3. The molecular weight excluding hydrogens is 150 g/mol. The Hall–Kier alpha value is -1.64. The molecule has 0 bridgehead atoms. The molecule has 12 heavy (non-hydrogen) atoms. The molecule has 0 radical (unpaired) electrons. The van der Waals surface area contributed by atoms with E-state index in [-0.39, 0.29) is 0 Å². The van der Waals surface area contributed by atoms with Crippen molar-refractivity contribution in [2.75, 3.05) is 0 Å². The van der Waals surface area contributed by atoms with Crippen LogP contribution in [0.1, 0.15) is 5.56 Å². The summed E-state index contributed by atoms with van der Waals surface area (Å²) in [6.07, 6.45) is 3.23. The molecule has 0 fully saturated rings. The average Bonchev–Trinajstić information content (AvgIpc) is 2.57. The van der Waals surface area contributed by atoms with E-state index in [2.05, 4.69) is 23.1 Å². The Bertz CT molecular complexity index is 365. The number of nitrogens with zero attached hydrogens (tertiary/aromatic N) is 3. The van der Waals surface area contributed by atoms with Gasteiger partial charge in [0.2, 0.25) is 0 Å². The van der Waals surface area contributed by atoms with Gasteiger partial charge in [0, 0.05) is 0 Å². The van der Waals surface area contributed by atoms with Gasteiger partial charge in [0.05, 0.1) is 5.69 Å². The van der Waals surface area contributed by atoms with Gasteiger partial charge in [-0.1, -0.05) is 18.2 Å². The highest BCUT2D eigenvalue weighted by molar-refractivity contribution is 5.38. The van der Waals surface area contributed by atoms with E-state index in [4.69, 9.17) is 0 Å². The number of aryl methyl sites for hydroxylation is 1. The van der Waals surface area contributed by atoms with Crippen molar-refractivity contribution in [2.45, 2.75) is 6.92 Å². The number of aromatic nitrogens is 3. The minimum atomic E-state index is 1.08. The molecule has 0 aliphatic carbocycles. The molecule has 0 atom stereocenters. The minimum Gasteiger partial charge on any atom is -0.223 e. The third kappa shape index (κ3) is 1.09. The van der Waals surface area contributed by atoms with Crippen LogP contribution in [0.4, 0.5) is 0 Å². The number of hydrogen-bond acceptors (Lipinski definition) is 2. The first-order chi connectivity index (χ1) is 5.88. The molecular formula is C9H9N3. The summed E-state index contributed by atoms with van der Waals surface area (Å²) in [6.45, 7) is 2.05. The smallest absolute Gasteiger partial charge is 0.138 e. The predicted octanol–water partition coefficient (Wildman–Crippen LogP) is 1.58. The summed E-state index contributed by atoms with van der Waals surface area (Å²) in [5, 5.41) is 4.05. The van der Waals surface area contributed by atoms with Crippen molar-refractivity contribution in [1.82, 2.24) is 14.8 Å². The third-order valence-electron chi connectivity index (χ3n) is 1.78. The van der Waals surface area contributed by atoms with Gasteiger partial charge >= 0.3 is 0 Å². The summed E-state index contributed by atoms with van der Waals surface area (Å²) in [4.78, 5) is 3.89. The van der Waals surface area contributed by atoms with Gasteiger partial charge in [-0.05, 0) is 18.6 Å². The van der Waals surface area contributed by atoms with E-state index in [1.807, 2.05) is 18.2 Å². The van der Waals surface area contributed by atoms with E-state index in [0.29, 0.717) is 0 Å². The van der Waals surface area contributed by atoms with Crippen molar-refractivity contribution < 1.29 is 0 Å². The highest BCUT2D eigenvalue weighted by Gasteiger charge is 1.97. The van der Waals surface area contributed by atoms with E-state index in [0.717, 1.165) is 5.69 Å². The van der Waals surface area contributed by atoms with Crippen LogP contribution in [-0.4, -0.2) is 14.8 Å². The van der Waals surface area contributed by atoms with E-state index in [1.165, 1.54) is 11.9 Å². The molecule has 3 nitrogen and oxygen atoms in total. The van der Waals surface area contributed by atoms with Crippen molar-refractivity contribution >= 4 is 0 Å². The molecule has 0 saturated heterocycles. The quantitative estimate of drug-likeness (QED) is 0.632. The minimum absolute atomic E-state index is 1.08. The second-order valence-corrected chi connectivity index (χ2v) is 2.63. The van der Waals surface area contributed by atoms with Gasteiger partial charge in [-0.2, -0.15) is 5.10 Å². The Morgan fingerprint density at radius 1 is 1.25 bits per heavy atom. The van der Waals surface area contributed by atoms with Gasteiger partial charge in [-0.3, -0.25) is 0 Å². The van der Waals surface area contributed by atoms with Gasteiger partial charge in [0.1, 0.15) is 12.7 Å². The van der Waals surface area contributed by atoms with E-state index in [9.17, 15) is 0 Å². The van der Waals surface area contributed by atoms with Gasteiger partial charge in [0.15, 0.2) is 0 Å². The Balaban J connectivity index is 2.55. The topological polar surface area (TPSA) is 30.7 Å². The molecule has 0 spiro atoms. The van der Waals surface area contributed by atoms with Gasteiger partial charge in [-0.25, -0.2) is 9.67 Å². The Kier molecular flexibility index (Phi) is 1.63. The van der Waals surface area contributed by atoms with Crippen LogP contribution < -0.4 is 0 Å². The summed E-state index contributed by atoms with van der Waals surface area (Å²) in [6, 6.07) is 8.07. The second kappa shape index (κ2) is 2.77. The molecule has 1 aromatic heterocycles. The fourth-order valence-electron chi connectivity index (χ4n) is 1.15. The van der Waals surface area contributed by atoms with Crippen molar-refractivity contribution in [3.63, 3.8) is 0 Å². The van der Waals surface area contributed by atoms with E-state index < -0.39 is 0 Å². The molecule has 0 aliphatic heterocycles. The maximum Gasteiger partial charge on any atom is 0.138 e. The molecule has 2 aromatic rings. The number of rotatable bonds is 1. The summed E-state index contributed by atoms with van der Waals surface area (Å²) in [5.74, 6) is 0. The van der Waals surface area contributed by atoms with Crippen molar-refractivity contribution in [3.05, 3.63) is 42.5 Å². The summed E-state index contributed by atoms with van der Waals surface area (Å²) < 4.78 is 1.76. The summed E-state index contributed by atoms with van der Waals surface area (Å²) >= 11 is 0. The zero-order valence-corrected chi connectivity index (χ0v) is 6.81. The van der Waals surface area contributed by atoms with Crippen LogP contribution in [0.3, 0.4) is 0 Å². The number of benzene rings is 1. The molecule has 3 heteroatoms. The molecule has 1 aromatic carbocycles. The number of para-hydroxylation sites is 1. The fraction of sp³-hybridized carbons (Fsp3) is 0.111. The SMILES string of the molecule is Cc1ccccc1-n1cncn1. The van der Waals surface area contributed by atoms with Crippen LogP contribution in [-0.2, 0) is 0 Å². The molecule has 2 rings (SSSR count). The van der Waals surface area contributed by atoms with Crippen LogP contribution in [0.25, 0.3) is 5.69 Å². The largest absolute Gasteiger partial charge is 0.223 e. The van der Waals surface area contributed by atoms with Crippen LogP contribution in [0.15, 0.2) is 36.9 Å². The molecule has 0 amide bonds. The van der Waals surface area contributed by atoms with E-state index in [1.54, 1.807) is 11.0 Å².